The van der Waals surface area contributed by atoms with Crippen molar-refractivity contribution in [2.24, 2.45) is 20.6 Å². The molecular weight excluding hydrogens is 1230 g/mol. The number of hydrogen-bond acceptors (Lipinski definition) is 32. The Hall–Kier alpha value is -9.12. The number of anilines is 4. The number of thioether (sulfide) groups is 2. The van der Waals surface area contributed by atoms with Gasteiger partial charge in [-0.25, -0.2) is 29.5 Å². The number of carbonyl (C=O) groups excluding carboxylic acids is 8. The number of thiazole rings is 4. The number of carboxylic acid groups (broad SMARTS) is 2. The zero-order chi connectivity index (χ0) is 61.1. The van der Waals surface area contributed by atoms with Crippen molar-refractivity contribution in [2.45, 2.75) is 36.7 Å². The van der Waals surface area contributed by atoms with Gasteiger partial charge in [0.2, 0.25) is 0 Å². The molecule has 4 atom stereocenters. The Labute approximate surface area is 495 Å². The van der Waals surface area contributed by atoms with E-state index < -0.39 is 82.2 Å². The molecule has 84 heavy (non-hydrogen) atoms. The van der Waals surface area contributed by atoms with Crippen LogP contribution < -0.4 is 32.7 Å². The van der Waals surface area contributed by atoms with E-state index in [1.54, 1.807) is 0 Å². The summed E-state index contributed by atoms with van der Waals surface area (Å²) in [6, 6.07) is -2.16. The zero-order valence-corrected chi connectivity index (χ0v) is 48.8. The van der Waals surface area contributed by atoms with E-state index in [-0.39, 0.29) is 113 Å². The number of aliphatic carboxylic acids is 2. The van der Waals surface area contributed by atoms with Gasteiger partial charge < -0.3 is 61.1 Å². The van der Waals surface area contributed by atoms with Crippen LogP contribution in [-0.4, -0.2) is 198 Å². The van der Waals surface area contributed by atoms with Gasteiger partial charge in [0.15, 0.2) is 43.4 Å². The highest BCUT2D eigenvalue weighted by Crippen LogP contribution is 2.42. The molecular formula is C44H44N16O18S6. The molecule has 6 amide bonds. The van der Waals surface area contributed by atoms with Gasteiger partial charge in [0.1, 0.15) is 98.7 Å². The predicted molar refractivity (Wildman–Crippen MR) is 301 cm³/mol. The van der Waals surface area contributed by atoms with Crippen LogP contribution in [-0.2, 0) is 76.8 Å². The van der Waals surface area contributed by atoms with Crippen LogP contribution in [0.25, 0.3) is 0 Å². The van der Waals surface area contributed by atoms with Crippen LogP contribution in [0.15, 0.2) is 64.7 Å². The fourth-order valence-electron chi connectivity index (χ4n) is 7.55. The molecule has 34 nitrogen and oxygen atoms in total. The number of nitrogen functional groups attached to an aromatic ring is 2. The van der Waals surface area contributed by atoms with Crippen molar-refractivity contribution < 1.29 is 87.0 Å². The number of ether oxygens (including phenoxy) is 2. The highest BCUT2D eigenvalue weighted by atomic mass is 32.2. The molecule has 0 bridgehead atoms. The summed E-state index contributed by atoms with van der Waals surface area (Å²) in [6.07, 6.45) is 0. The number of nitrogens with zero attached hydrogens (tertiary/aromatic N) is 10. The van der Waals surface area contributed by atoms with Gasteiger partial charge in [-0.15, -0.1) is 68.9 Å². The normalized spacial score (nSPS) is 18.5. The SMILES string of the molecule is CO/N=C(\C(=O)N[C@@H]1C(=O)N2C(C(=O)O)=C(COC(C)=O)CS[C@H]12)c1csc(NC(=O)/C(=N/OC)c2csc(N)n2)n1.CO/N=C(\C(=O)Nc1nc(/C(=N/OC)C(=O)N[C@@H]2C(=O)N3C(C(=O)O)=C(COC(C)=O)CS[C@H]23)cs1)c1csc(N)n1. The van der Waals surface area contributed by atoms with Gasteiger partial charge in [0.25, 0.3) is 35.4 Å². The highest BCUT2D eigenvalue weighted by molar-refractivity contribution is 8.00. The summed E-state index contributed by atoms with van der Waals surface area (Å²) in [5.74, 6) is -8.02. The number of hydrogen-bond donors (Lipinski definition) is 8. The largest absolute Gasteiger partial charge is 0.477 e. The minimum absolute atomic E-state index is 0.0208. The lowest BCUT2D eigenvalue weighted by Crippen LogP contribution is -2.71. The van der Waals surface area contributed by atoms with E-state index in [1.165, 1.54) is 87.3 Å². The molecule has 0 aliphatic carbocycles. The molecule has 2 saturated heterocycles. The number of rotatable bonds is 22. The third-order valence-electron chi connectivity index (χ3n) is 11.0. The first kappa shape index (κ1) is 62.5. The van der Waals surface area contributed by atoms with Gasteiger partial charge >= 0.3 is 23.9 Å². The third-order valence-corrected chi connectivity index (χ3v) is 16.6. The van der Waals surface area contributed by atoms with Crippen LogP contribution >= 0.6 is 68.9 Å². The molecule has 4 aromatic heterocycles. The smallest absolute Gasteiger partial charge is 0.352 e. The second kappa shape index (κ2) is 27.8. The summed E-state index contributed by atoms with van der Waals surface area (Å²) >= 11 is 6.55. The van der Waals surface area contributed by atoms with Crippen LogP contribution in [0.5, 0.6) is 0 Å². The summed E-state index contributed by atoms with van der Waals surface area (Å²) in [6.45, 7) is 1.82. The fraction of sp³-hybridized carbons (Fsp3) is 0.318. The number of carboxylic acids is 2. The first-order valence-corrected chi connectivity index (χ1v) is 28.8. The van der Waals surface area contributed by atoms with Crippen molar-refractivity contribution in [2.75, 3.05) is 75.3 Å². The highest BCUT2D eigenvalue weighted by Gasteiger charge is 2.56. The Morgan fingerprint density at radius 3 is 1.17 bits per heavy atom. The molecule has 8 rings (SSSR count). The van der Waals surface area contributed by atoms with Crippen molar-refractivity contribution in [3.63, 3.8) is 0 Å². The molecule has 0 spiro atoms. The predicted octanol–water partition coefficient (Wildman–Crippen LogP) is -0.354. The molecule has 0 unspecified atom stereocenters. The van der Waals surface area contributed by atoms with Crippen molar-refractivity contribution in [3.8, 4) is 0 Å². The second-order valence-corrected chi connectivity index (χ2v) is 22.1. The summed E-state index contributed by atoms with van der Waals surface area (Å²) in [7, 11) is 4.93. The van der Waals surface area contributed by atoms with Gasteiger partial charge in [-0.05, 0) is 0 Å². The average molecular weight is 1280 g/mol. The van der Waals surface area contributed by atoms with E-state index in [1.807, 2.05) is 0 Å². The standard InChI is InChI=1S/2C22H22N8O9S3/c2*1-8(31)39-4-9-5-40-19-14(18(34)30(19)15(9)20(35)36)26-16(32)13(29-38-3)11-7-42-22(25-11)27-17(33)12(28-37-2)10-6-41-21(23)24-10/h2*6-7,14,19H,4-5H2,1-3H3,(H2,23,24)(H,26,32)(H,35,36)(H,25,27,33)/b28-12+,29-13-;28-12-,29-13-/t2*14-,19-/m11/s1. The molecule has 4 aliphatic heterocycles. The number of nitrogens with one attached hydrogen (secondary N) is 4. The summed E-state index contributed by atoms with van der Waals surface area (Å²) < 4.78 is 9.83. The van der Waals surface area contributed by atoms with Crippen LogP contribution in [0.3, 0.4) is 0 Å². The van der Waals surface area contributed by atoms with Crippen molar-refractivity contribution in [1.29, 1.82) is 0 Å². The summed E-state index contributed by atoms with van der Waals surface area (Å²) in [5.41, 5.74) is 10.7. The second-order valence-electron chi connectivity index (χ2n) is 16.4. The van der Waals surface area contributed by atoms with E-state index in [4.69, 9.17) is 40.3 Å². The van der Waals surface area contributed by atoms with Crippen molar-refractivity contribution >= 4 is 172 Å². The molecule has 0 aromatic carbocycles. The van der Waals surface area contributed by atoms with E-state index in [0.29, 0.717) is 0 Å². The van der Waals surface area contributed by atoms with E-state index in [9.17, 15) is 58.2 Å². The topological polar surface area (TPSA) is 474 Å². The Kier molecular flexibility index (Phi) is 20.7. The first-order valence-electron chi connectivity index (χ1n) is 23.2. The Bertz CT molecular complexity index is 3290. The third kappa shape index (κ3) is 14.2. The molecule has 2 fully saturated rings. The number of fused-ring (bicyclic) bond motifs is 2. The maximum atomic E-state index is 13.2. The Morgan fingerprint density at radius 1 is 0.548 bits per heavy atom. The molecule has 8 heterocycles. The molecule has 40 heteroatoms. The van der Waals surface area contributed by atoms with E-state index in [0.717, 1.165) is 55.1 Å². The molecule has 10 N–H and O–H groups in total. The number of esters is 2. The first-order chi connectivity index (χ1) is 40.1. The minimum Gasteiger partial charge on any atom is -0.477 e. The maximum absolute atomic E-state index is 13.2. The minimum atomic E-state index is -1.36. The average Bonchev–Trinajstić information content (AvgIpc) is 1.75. The van der Waals surface area contributed by atoms with Crippen LogP contribution in [0.4, 0.5) is 20.5 Å². The van der Waals surface area contributed by atoms with Gasteiger partial charge in [-0.3, -0.25) is 58.8 Å². The molecule has 0 radical (unpaired) electrons. The summed E-state index contributed by atoms with van der Waals surface area (Å²) in [5, 5.41) is 49.4. The quantitative estimate of drug-likeness (QED) is 0.0216. The molecule has 0 saturated carbocycles. The Balaban J connectivity index is 0.000000241. The lowest BCUT2D eigenvalue weighted by Gasteiger charge is -2.49. The number of β-lactam (4-membered cyclic amide) rings is 2. The van der Waals surface area contributed by atoms with Crippen LogP contribution in [0, 0.1) is 0 Å². The lowest BCUT2D eigenvalue weighted by atomic mass is 10.0. The number of nitrogens with two attached hydrogens (primary N) is 2. The molecule has 4 aromatic rings. The lowest BCUT2D eigenvalue weighted by molar-refractivity contribution is -0.150. The fourth-order valence-corrected chi connectivity index (χ4v) is 12.7. The zero-order valence-electron chi connectivity index (χ0n) is 43.9. The van der Waals surface area contributed by atoms with Gasteiger partial charge in [-0.2, -0.15) is 0 Å². The molecule has 444 valence electrons. The Morgan fingerprint density at radius 2 is 0.869 bits per heavy atom. The van der Waals surface area contributed by atoms with Crippen molar-refractivity contribution in [3.05, 3.63) is 66.8 Å². The number of oxime groups is 4. The maximum Gasteiger partial charge on any atom is 0.352 e. The number of aromatic nitrogens is 4. The van der Waals surface area contributed by atoms with Crippen LogP contribution in [0.1, 0.15) is 36.6 Å². The van der Waals surface area contributed by atoms with E-state index >= 15 is 0 Å². The monoisotopic (exact) mass is 1280 g/mol. The van der Waals surface area contributed by atoms with E-state index in [2.05, 4.69) is 61.8 Å². The van der Waals surface area contributed by atoms with Gasteiger partial charge in [0, 0.05) is 58.0 Å². The van der Waals surface area contributed by atoms with Gasteiger partial charge in [-0.1, -0.05) is 20.6 Å². The number of amides is 6. The number of carbonyl (C=O) groups is 10. The molecule has 4 aliphatic rings. The van der Waals surface area contributed by atoms with Gasteiger partial charge in [0.05, 0.1) is 0 Å². The van der Waals surface area contributed by atoms with Crippen LogP contribution in [0.2, 0.25) is 0 Å². The summed E-state index contributed by atoms with van der Waals surface area (Å²) in [4.78, 5) is 162. The van der Waals surface area contributed by atoms with Crippen molar-refractivity contribution in [1.82, 2.24) is 40.4 Å².